The van der Waals surface area contributed by atoms with Gasteiger partial charge in [0.1, 0.15) is 4.90 Å². The van der Waals surface area contributed by atoms with Crippen molar-refractivity contribution in [3.05, 3.63) is 18.2 Å². The number of anilines is 2. The van der Waals surface area contributed by atoms with E-state index in [0.717, 1.165) is 24.4 Å². The summed E-state index contributed by atoms with van der Waals surface area (Å²) in [6, 6.07) is 4.88. The number of thioether (sulfide) groups is 1. The molecule has 0 aliphatic heterocycles. The largest absolute Gasteiger partial charge is 0.398 e. The van der Waals surface area contributed by atoms with Gasteiger partial charge in [0.2, 0.25) is 10.0 Å². The number of nitrogens with two attached hydrogens (primary N) is 1. The quantitative estimate of drug-likeness (QED) is 0.521. The van der Waals surface area contributed by atoms with Crippen molar-refractivity contribution in [1.29, 1.82) is 0 Å². The fourth-order valence-electron chi connectivity index (χ4n) is 1.46. The van der Waals surface area contributed by atoms with Gasteiger partial charge in [0.25, 0.3) is 0 Å². The Bertz CT molecular complexity index is 489. The Kier molecular flexibility index (Phi) is 5.77. The lowest BCUT2D eigenvalue weighted by molar-refractivity contribution is 0.588. The molecule has 1 aromatic rings. The van der Waals surface area contributed by atoms with Crippen LogP contribution in [0.2, 0.25) is 0 Å². The molecule has 0 unspecified atom stereocenters. The highest BCUT2D eigenvalue weighted by atomic mass is 32.2. The summed E-state index contributed by atoms with van der Waals surface area (Å²) >= 11 is 1.80. The average Bonchev–Trinajstić information content (AvgIpc) is 2.34. The summed E-state index contributed by atoms with van der Waals surface area (Å²) in [6.07, 6.45) is 3.12. The van der Waals surface area contributed by atoms with Crippen LogP contribution >= 0.6 is 11.8 Å². The Morgan fingerprint density at radius 1 is 1.39 bits per heavy atom. The van der Waals surface area contributed by atoms with Crippen LogP contribution in [0.1, 0.15) is 6.42 Å². The molecule has 1 aromatic carbocycles. The Morgan fingerprint density at radius 2 is 2.11 bits per heavy atom. The van der Waals surface area contributed by atoms with Crippen LogP contribution < -0.4 is 15.8 Å². The predicted octanol–water partition coefficient (Wildman–Crippen LogP) is 1.34. The van der Waals surface area contributed by atoms with Gasteiger partial charge in [-0.2, -0.15) is 11.8 Å². The molecule has 1 rings (SSSR count). The van der Waals surface area contributed by atoms with E-state index >= 15 is 0 Å². The highest BCUT2D eigenvalue weighted by Gasteiger charge is 2.14. The number of hydrogen-bond donors (Lipinski definition) is 3. The lowest BCUT2D eigenvalue weighted by Gasteiger charge is -2.10. The van der Waals surface area contributed by atoms with Crippen molar-refractivity contribution in [3.8, 4) is 0 Å². The molecule has 18 heavy (non-hydrogen) atoms. The third-order valence-corrected chi connectivity index (χ3v) is 4.61. The van der Waals surface area contributed by atoms with Crippen LogP contribution in [-0.2, 0) is 10.0 Å². The van der Waals surface area contributed by atoms with Crippen molar-refractivity contribution in [3.63, 3.8) is 0 Å². The molecule has 0 fully saturated rings. The van der Waals surface area contributed by atoms with E-state index in [9.17, 15) is 8.42 Å². The number of hydrogen-bond acceptors (Lipinski definition) is 5. The Hall–Kier alpha value is -0.920. The molecule has 0 atom stereocenters. The molecule has 0 amide bonds. The summed E-state index contributed by atoms with van der Waals surface area (Å²) in [5, 5.41) is 3.21. The zero-order chi connectivity index (χ0) is 13.6. The average molecular weight is 289 g/mol. The molecule has 0 radical (unpaired) electrons. The minimum atomic E-state index is -3.48. The van der Waals surface area contributed by atoms with E-state index in [1.807, 2.05) is 0 Å². The molecule has 0 saturated carbocycles. The van der Waals surface area contributed by atoms with Crippen LogP contribution in [0.25, 0.3) is 0 Å². The third kappa shape index (κ3) is 4.08. The first-order valence-electron chi connectivity index (χ1n) is 5.57. The van der Waals surface area contributed by atoms with Gasteiger partial charge in [0.15, 0.2) is 0 Å². The molecule has 4 N–H and O–H groups in total. The van der Waals surface area contributed by atoms with Gasteiger partial charge >= 0.3 is 0 Å². The normalized spacial score (nSPS) is 11.4. The van der Waals surface area contributed by atoms with Crippen molar-refractivity contribution in [1.82, 2.24) is 4.72 Å². The van der Waals surface area contributed by atoms with Crippen molar-refractivity contribution in [2.45, 2.75) is 11.3 Å². The summed E-state index contributed by atoms with van der Waals surface area (Å²) in [5.74, 6) is 1.09. The maximum atomic E-state index is 11.6. The molecule has 0 saturated heterocycles. The molecule has 0 heterocycles. The van der Waals surface area contributed by atoms with Gasteiger partial charge in [-0.25, -0.2) is 13.1 Å². The second kappa shape index (κ2) is 6.86. The lowest BCUT2D eigenvalue weighted by atomic mass is 10.3. The lowest BCUT2D eigenvalue weighted by Crippen LogP contribution is -2.20. The van der Waals surface area contributed by atoms with Crippen molar-refractivity contribution < 1.29 is 8.42 Å². The standard InChI is InChI=1S/C11H19N3O2S2/c1-13-18(15,16)11-5-4-9(8-10(11)12)14-6-3-7-17-2/h4-5,8,13-14H,3,6-7,12H2,1-2H3. The van der Waals surface area contributed by atoms with Crippen molar-refractivity contribution >= 4 is 33.2 Å². The van der Waals surface area contributed by atoms with Gasteiger partial charge in [0.05, 0.1) is 5.69 Å². The van der Waals surface area contributed by atoms with Crippen LogP contribution in [0.4, 0.5) is 11.4 Å². The molecule has 102 valence electrons. The minimum absolute atomic E-state index is 0.111. The molecule has 0 aliphatic carbocycles. The second-order valence-corrected chi connectivity index (χ2v) is 6.57. The van der Waals surface area contributed by atoms with E-state index < -0.39 is 10.0 Å². The molecule has 7 heteroatoms. The van der Waals surface area contributed by atoms with Gasteiger partial charge in [-0.1, -0.05) is 0 Å². The number of sulfonamides is 1. The third-order valence-electron chi connectivity index (χ3n) is 2.42. The highest BCUT2D eigenvalue weighted by Crippen LogP contribution is 2.22. The number of nitrogens with one attached hydrogen (secondary N) is 2. The summed E-state index contributed by atoms with van der Waals surface area (Å²) in [5.41, 5.74) is 6.84. The van der Waals surface area contributed by atoms with Gasteiger partial charge in [-0.05, 0) is 43.7 Å². The highest BCUT2D eigenvalue weighted by molar-refractivity contribution is 7.98. The van der Waals surface area contributed by atoms with Gasteiger partial charge < -0.3 is 11.1 Å². The summed E-state index contributed by atoms with van der Waals surface area (Å²) in [7, 11) is -2.12. The summed E-state index contributed by atoms with van der Waals surface area (Å²) < 4.78 is 25.5. The van der Waals surface area contributed by atoms with Gasteiger partial charge in [0, 0.05) is 12.2 Å². The van der Waals surface area contributed by atoms with E-state index in [1.54, 1.807) is 23.9 Å². The minimum Gasteiger partial charge on any atom is -0.398 e. The second-order valence-electron chi connectivity index (χ2n) is 3.73. The van der Waals surface area contributed by atoms with E-state index in [-0.39, 0.29) is 10.6 Å². The first-order valence-corrected chi connectivity index (χ1v) is 8.45. The SMILES string of the molecule is CNS(=O)(=O)c1ccc(NCCCSC)cc1N. The van der Waals surface area contributed by atoms with E-state index in [1.165, 1.54) is 13.1 Å². The monoisotopic (exact) mass is 289 g/mol. The first-order chi connectivity index (χ1) is 8.51. The molecular weight excluding hydrogens is 270 g/mol. The van der Waals surface area contributed by atoms with E-state index in [4.69, 9.17) is 5.73 Å². The Morgan fingerprint density at radius 3 is 2.67 bits per heavy atom. The number of rotatable bonds is 7. The van der Waals surface area contributed by atoms with Crippen LogP contribution in [0.15, 0.2) is 23.1 Å². The molecule has 0 spiro atoms. The Balaban J connectivity index is 2.74. The zero-order valence-corrected chi connectivity index (χ0v) is 12.2. The first kappa shape index (κ1) is 15.1. The van der Waals surface area contributed by atoms with E-state index in [2.05, 4.69) is 16.3 Å². The molecule has 0 aromatic heterocycles. The fraction of sp³-hybridized carbons (Fsp3) is 0.455. The van der Waals surface area contributed by atoms with Gasteiger partial charge in [-0.15, -0.1) is 0 Å². The zero-order valence-electron chi connectivity index (χ0n) is 10.6. The smallest absolute Gasteiger partial charge is 0.242 e. The van der Waals surface area contributed by atoms with Crippen LogP contribution in [0, 0.1) is 0 Å². The topological polar surface area (TPSA) is 84.2 Å². The van der Waals surface area contributed by atoms with E-state index in [0.29, 0.717) is 0 Å². The van der Waals surface area contributed by atoms with Gasteiger partial charge in [-0.3, -0.25) is 0 Å². The predicted molar refractivity (Wildman–Crippen MR) is 78.6 cm³/mol. The maximum absolute atomic E-state index is 11.6. The molecule has 0 bridgehead atoms. The maximum Gasteiger partial charge on any atom is 0.242 e. The van der Waals surface area contributed by atoms with Crippen LogP contribution in [-0.4, -0.2) is 34.0 Å². The molecular formula is C11H19N3O2S2. The van der Waals surface area contributed by atoms with Crippen LogP contribution in [0.5, 0.6) is 0 Å². The fourth-order valence-corrected chi connectivity index (χ4v) is 2.73. The van der Waals surface area contributed by atoms with Crippen molar-refractivity contribution in [2.24, 2.45) is 0 Å². The number of benzene rings is 1. The molecule has 5 nitrogen and oxygen atoms in total. The van der Waals surface area contributed by atoms with Crippen LogP contribution in [0.3, 0.4) is 0 Å². The molecule has 0 aliphatic rings. The summed E-state index contributed by atoms with van der Waals surface area (Å²) in [6.45, 7) is 0.846. The summed E-state index contributed by atoms with van der Waals surface area (Å²) in [4.78, 5) is 0.111. The number of nitrogen functional groups attached to an aromatic ring is 1. The Labute approximate surface area is 113 Å². The van der Waals surface area contributed by atoms with Crippen molar-refractivity contribution in [2.75, 3.05) is 36.7 Å².